The number of aromatic nitrogens is 2. The Morgan fingerprint density at radius 1 is 1.35 bits per heavy atom. The Bertz CT molecular complexity index is 357. The fraction of sp³-hybridized carbons (Fsp3) is 0.818. The van der Waals surface area contributed by atoms with Crippen LogP contribution in [0.4, 0.5) is 0 Å². The van der Waals surface area contributed by atoms with Crippen LogP contribution in [0.3, 0.4) is 0 Å². The smallest absolute Gasteiger partial charge is 0.229 e. The lowest BCUT2D eigenvalue weighted by Gasteiger charge is -2.20. The third-order valence-corrected chi connectivity index (χ3v) is 3.14. The van der Waals surface area contributed by atoms with Crippen molar-refractivity contribution in [1.82, 2.24) is 15.5 Å². The number of morpholine rings is 1. The number of hydrogen-bond acceptors (Lipinski definition) is 6. The second kappa shape index (κ2) is 5.12. The topological polar surface area (TPSA) is 69.4 Å². The van der Waals surface area contributed by atoms with E-state index >= 15 is 0 Å². The molecule has 94 valence electrons. The van der Waals surface area contributed by atoms with Crippen LogP contribution in [-0.4, -0.2) is 42.6 Å². The first-order valence-electron chi connectivity index (χ1n) is 6.17. The third-order valence-electron chi connectivity index (χ3n) is 3.14. The maximum absolute atomic E-state index is 5.54. The van der Waals surface area contributed by atoms with E-state index in [0.717, 1.165) is 39.0 Å². The highest BCUT2D eigenvalue weighted by Gasteiger charge is 2.23. The fourth-order valence-corrected chi connectivity index (χ4v) is 2.22. The van der Waals surface area contributed by atoms with Gasteiger partial charge < -0.3 is 19.3 Å². The molecule has 0 spiro atoms. The number of hydrogen-bond donors (Lipinski definition) is 1. The van der Waals surface area contributed by atoms with Crippen LogP contribution in [0.15, 0.2) is 4.52 Å². The molecule has 6 heteroatoms. The van der Waals surface area contributed by atoms with Gasteiger partial charge in [-0.3, -0.25) is 0 Å². The minimum absolute atomic E-state index is 0.0609. The highest BCUT2D eigenvalue weighted by molar-refractivity contribution is 4.96. The Kier molecular flexibility index (Phi) is 3.35. The Balaban J connectivity index is 1.60. The minimum atomic E-state index is 0.0609. The monoisotopic (exact) mass is 239 g/mol. The van der Waals surface area contributed by atoms with E-state index in [9.17, 15) is 0 Å². The van der Waals surface area contributed by atoms with Crippen molar-refractivity contribution in [2.75, 3.05) is 26.4 Å². The van der Waals surface area contributed by atoms with E-state index in [1.165, 1.54) is 0 Å². The van der Waals surface area contributed by atoms with Crippen LogP contribution in [0.5, 0.6) is 0 Å². The van der Waals surface area contributed by atoms with E-state index in [0.29, 0.717) is 18.3 Å². The molecule has 0 aromatic carbocycles. The van der Waals surface area contributed by atoms with Gasteiger partial charge in [-0.25, -0.2) is 0 Å². The van der Waals surface area contributed by atoms with Crippen LogP contribution < -0.4 is 5.32 Å². The predicted molar refractivity (Wildman–Crippen MR) is 58.5 cm³/mol. The van der Waals surface area contributed by atoms with Gasteiger partial charge in [-0.2, -0.15) is 4.98 Å². The summed E-state index contributed by atoms with van der Waals surface area (Å²) in [5, 5.41) is 7.30. The minimum Gasteiger partial charge on any atom is -0.378 e. The summed E-state index contributed by atoms with van der Waals surface area (Å²) in [6.45, 7) is 3.04. The van der Waals surface area contributed by atoms with Gasteiger partial charge in [-0.05, 0) is 12.8 Å². The van der Waals surface area contributed by atoms with E-state index < -0.39 is 0 Å². The zero-order valence-electron chi connectivity index (χ0n) is 9.72. The molecular weight excluding hydrogens is 222 g/mol. The van der Waals surface area contributed by atoms with Crippen LogP contribution in [0.2, 0.25) is 0 Å². The molecule has 0 radical (unpaired) electrons. The first-order chi connectivity index (χ1) is 8.42. The lowest BCUT2D eigenvalue weighted by atomic mass is 10.2. The fourth-order valence-electron chi connectivity index (χ4n) is 2.22. The molecule has 1 aromatic rings. The summed E-state index contributed by atoms with van der Waals surface area (Å²) in [5.41, 5.74) is 0. The lowest BCUT2D eigenvalue weighted by Crippen LogP contribution is -2.35. The first-order valence-corrected chi connectivity index (χ1v) is 6.17. The molecule has 0 aliphatic carbocycles. The van der Waals surface area contributed by atoms with Crippen molar-refractivity contribution in [2.24, 2.45) is 0 Å². The van der Waals surface area contributed by atoms with Crippen LogP contribution in [0.1, 0.15) is 30.6 Å². The van der Waals surface area contributed by atoms with E-state index in [1.54, 1.807) is 0 Å². The van der Waals surface area contributed by atoms with Crippen molar-refractivity contribution in [3.63, 3.8) is 0 Å². The number of nitrogens with one attached hydrogen (secondary N) is 1. The van der Waals surface area contributed by atoms with Crippen molar-refractivity contribution in [3.8, 4) is 0 Å². The van der Waals surface area contributed by atoms with Gasteiger partial charge in [0.1, 0.15) is 0 Å². The maximum Gasteiger partial charge on any atom is 0.229 e. The van der Waals surface area contributed by atoms with Crippen molar-refractivity contribution >= 4 is 0 Å². The molecule has 2 fully saturated rings. The van der Waals surface area contributed by atoms with Crippen LogP contribution in [0.25, 0.3) is 0 Å². The van der Waals surface area contributed by atoms with Crippen molar-refractivity contribution in [1.29, 1.82) is 0 Å². The molecule has 17 heavy (non-hydrogen) atoms. The van der Waals surface area contributed by atoms with Gasteiger partial charge in [0.15, 0.2) is 5.82 Å². The molecule has 3 rings (SSSR count). The molecule has 2 saturated heterocycles. The number of nitrogens with zero attached hydrogens (tertiary/aromatic N) is 2. The second-order valence-corrected chi connectivity index (χ2v) is 4.47. The summed E-state index contributed by atoms with van der Waals surface area (Å²) in [5.74, 6) is 1.36. The Morgan fingerprint density at radius 3 is 3.12 bits per heavy atom. The lowest BCUT2D eigenvalue weighted by molar-refractivity contribution is 0.0734. The van der Waals surface area contributed by atoms with Crippen molar-refractivity contribution < 1.29 is 14.0 Å². The Labute approximate surface area is 99.7 Å². The van der Waals surface area contributed by atoms with Crippen molar-refractivity contribution in [3.05, 3.63) is 11.7 Å². The van der Waals surface area contributed by atoms with Gasteiger partial charge in [0.2, 0.25) is 5.89 Å². The van der Waals surface area contributed by atoms with E-state index in [2.05, 4.69) is 15.5 Å². The Morgan fingerprint density at radius 2 is 2.35 bits per heavy atom. The quantitative estimate of drug-likeness (QED) is 0.826. The van der Waals surface area contributed by atoms with Crippen LogP contribution >= 0.6 is 0 Å². The Hall–Kier alpha value is -0.980. The molecule has 2 unspecified atom stereocenters. The van der Waals surface area contributed by atoms with E-state index in [-0.39, 0.29) is 12.1 Å². The van der Waals surface area contributed by atoms with Crippen LogP contribution in [0, 0.1) is 0 Å². The van der Waals surface area contributed by atoms with Gasteiger partial charge in [-0.15, -0.1) is 0 Å². The molecule has 2 aliphatic rings. The molecule has 1 aromatic heterocycles. The van der Waals surface area contributed by atoms with Crippen LogP contribution in [-0.2, 0) is 15.9 Å². The standard InChI is InChI=1S/C11H17N3O3/c1-2-8(16-4-1)6-10-13-11(14-17-10)9-7-15-5-3-12-9/h8-9,12H,1-7H2. The predicted octanol–water partition coefficient (Wildman–Crippen LogP) is 0.452. The molecule has 6 nitrogen and oxygen atoms in total. The van der Waals surface area contributed by atoms with E-state index in [1.807, 2.05) is 0 Å². The molecule has 0 amide bonds. The molecule has 2 aliphatic heterocycles. The second-order valence-electron chi connectivity index (χ2n) is 4.47. The molecule has 3 heterocycles. The van der Waals surface area contributed by atoms with Gasteiger partial charge in [-0.1, -0.05) is 5.16 Å². The summed E-state index contributed by atoms with van der Waals surface area (Å²) in [4.78, 5) is 4.40. The van der Waals surface area contributed by atoms with Gasteiger partial charge in [0, 0.05) is 13.2 Å². The largest absolute Gasteiger partial charge is 0.378 e. The first kappa shape index (κ1) is 11.1. The molecule has 2 atom stereocenters. The summed E-state index contributed by atoms with van der Waals surface area (Å²) in [7, 11) is 0. The summed E-state index contributed by atoms with van der Waals surface area (Å²) >= 11 is 0. The van der Waals surface area contributed by atoms with E-state index in [4.69, 9.17) is 14.0 Å². The molecule has 0 bridgehead atoms. The summed E-state index contributed by atoms with van der Waals surface area (Å²) in [6, 6.07) is 0.0609. The summed E-state index contributed by atoms with van der Waals surface area (Å²) < 4.78 is 16.2. The highest BCUT2D eigenvalue weighted by atomic mass is 16.5. The number of ether oxygens (including phenoxy) is 2. The molecular formula is C11H17N3O3. The molecule has 1 N–H and O–H groups in total. The van der Waals surface area contributed by atoms with Gasteiger partial charge >= 0.3 is 0 Å². The highest BCUT2D eigenvalue weighted by Crippen LogP contribution is 2.18. The number of rotatable bonds is 3. The summed E-state index contributed by atoms with van der Waals surface area (Å²) in [6.07, 6.45) is 3.19. The third kappa shape index (κ3) is 2.65. The van der Waals surface area contributed by atoms with Crippen molar-refractivity contribution in [2.45, 2.75) is 31.4 Å². The SMILES string of the molecule is C1COC(Cc2nc(C3COCCN3)no2)C1. The zero-order valence-corrected chi connectivity index (χ0v) is 9.72. The molecule has 0 saturated carbocycles. The van der Waals surface area contributed by atoms with Gasteiger partial charge in [0.05, 0.1) is 31.8 Å². The average molecular weight is 239 g/mol. The maximum atomic E-state index is 5.54. The van der Waals surface area contributed by atoms with Gasteiger partial charge in [0.25, 0.3) is 0 Å². The average Bonchev–Trinajstić information content (AvgIpc) is 3.02. The normalized spacial score (nSPS) is 29.6. The zero-order chi connectivity index (χ0) is 11.5.